The third kappa shape index (κ3) is 4.80. The molecule has 2 heterocycles. The van der Waals surface area contributed by atoms with Crippen LogP contribution in [0.1, 0.15) is 27.2 Å². The van der Waals surface area contributed by atoms with Gasteiger partial charge in [0.15, 0.2) is 0 Å². The zero-order valence-electron chi connectivity index (χ0n) is 13.5. The van der Waals surface area contributed by atoms with E-state index in [0.29, 0.717) is 13.1 Å². The highest BCUT2D eigenvalue weighted by Gasteiger charge is 2.30. The summed E-state index contributed by atoms with van der Waals surface area (Å²) in [4.78, 5) is 27.9. The molecule has 1 aromatic rings. The second kappa shape index (κ2) is 6.80. The van der Waals surface area contributed by atoms with Crippen molar-refractivity contribution in [2.75, 3.05) is 19.7 Å². The smallest absolute Gasteiger partial charge is 0.410 e. The molecule has 1 fully saturated rings. The summed E-state index contributed by atoms with van der Waals surface area (Å²) < 4.78 is 10.8. The highest BCUT2D eigenvalue weighted by Crippen LogP contribution is 2.25. The average Bonchev–Trinajstić information content (AvgIpc) is 2.92. The third-order valence-electron chi connectivity index (χ3n) is 3.34. The van der Waals surface area contributed by atoms with Crippen LogP contribution >= 0.6 is 0 Å². The number of nitrogens with zero attached hydrogens (tertiary/aromatic N) is 3. The van der Waals surface area contributed by atoms with Crippen molar-refractivity contribution >= 4 is 11.8 Å². The Morgan fingerprint density at radius 1 is 1.52 bits per heavy atom. The highest BCUT2D eigenvalue weighted by molar-refractivity contribution is 5.68. The van der Waals surface area contributed by atoms with Gasteiger partial charge in [-0.25, -0.2) is 9.78 Å². The predicted octanol–water partition coefficient (Wildman–Crippen LogP) is 2.63. The monoisotopic (exact) mass is 323 g/mol. The van der Waals surface area contributed by atoms with Crippen LogP contribution < -0.4 is 4.74 Å². The molecule has 1 amide bonds. The second-order valence-corrected chi connectivity index (χ2v) is 6.48. The number of amides is 1. The zero-order chi connectivity index (χ0) is 17.0. The van der Waals surface area contributed by atoms with Crippen LogP contribution in [0.5, 0.6) is 5.88 Å². The lowest BCUT2D eigenvalue weighted by Crippen LogP contribution is -2.35. The van der Waals surface area contributed by atoms with Crippen LogP contribution in [0.3, 0.4) is 0 Å². The van der Waals surface area contributed by atoms with Crippen molar-refractivity contribution in [3.8, 4) is 5.88 Å². The number of aromatic nitrogens is 1. The van der Waals surface area contributed by atoms with Gasteiger partial charge in [-0.2, -0.15) is 0 Å². The molecular formula is C15H21N3O5. The van der Waals surface area contributed by atoms with Gasteiger partial charge in [0, 0.05) is 31.3 Å². The molecule has 126 valence electrons. The molecule has 0 aromatic carbocycles. The molecule has 8 heteroatoms. The number of pyridine rings is 1. The van der Waals surface area contributed by atoms with E-state index in [2.05, 4.69) is 4.98 Å². The second-order valence-electron chi connectivity index (χ2n) is 6.48. The summed E-state index contributed by atoms with van der Waals surface area (Å²) >= 11 is 0. The summed E-state index contributed by atoms with van der Waals surface area (Å²) in [6.07, 6.45) is 1.87. The first-order valence-electron chi connectivity index (χ1n) is 7.46. The normalized spacial score (nSPS) is 17.9. The van der Waals surface area contributed by atoms with Gasteiger partial charge in [0.1, 0.15) is 5.60 Å². The van der Waals surface area contributed by atoms with Gasteiger partial charge in [-0.15, -0.1) is 0 Å². The van der Waals surface area contributed by atoms with Gasteiger partial charge in [-0.1, -0.05) is 0 Å². The molecule has 23 heavy (non-hydrogen) atoms. The fourth-order valence-electron chi connectivity index (χ4n) is 2.29. The largest absolute Gasteiger partial charge is 0.472 e. The number of ether oxygens (including phenoxy) is 2. The summed E-state index contributed by atoms with van der Waals surface area (Å²) in [5.41, 5.74) is -0.685. The minimum absolute atomic E-state index is 0.00761. The standard InChI is InChI=1S/C15H21N3O5/c1-15(2,3)23-14(19)17-8-6-11(9-17)10-22-13-12(18(20)21)5-4-7-16-13/h4-5,7,11H,6,8-10H2,1-3H3. The Bertz CT molecular complexity index is 585. The predicted molar refractivity (Wildman–Crippen MR) is 82.3 cm³/mol. The number of nitro groups is 1. The van der Waals surface area contributed by atoms with Gasteiger partial charge in [0.2, 0.25) is 0 Å². The summed E-state index contributed by atoms with van der Waals surface area (Å²) in [6, 6.07) is 2.84. The number of hydrogen-bond donors (Lipinski definition) is 0. The Balaban J connectivity index is 1.87. The van der Waals surface area contributed by atoms with Gasteiger partial charge in [0.25, 0.3) is 5.88 Å². The van der Waals surface area contributed by atoms with Crippen LogP contribution in [0.15, 0.2) is 18.3 Å². The molecule has 0 aliphatic carbocycles. The van der Waals surface area contributed by atoms with Crippen molar-refractivity contribution in [2.45, 2.75) is 32.8 Å². The lowest BCUT2D eigenvalue weighted by atomic mass is 10.1. The van der Waals surface area contributed by atoms with Crippen molar-refractivity contribution in [3.05, 3.63) is 28.4 Å². The topological polar surface area (TPSA) is 94.8 Å². The fraction of sp³-hybridized carbons (Fsp3) is 0.600. The van der Waals surface area contributed by atoms with E-state index >= 15 is 0 Å². The number of rotatable bonds is 4. The average molecular weight is 323 g/mol. The molecule has 1 aliphatic rings. The first kappa shape index (κ1) is 17.0. The minimum atomic E-state index is -0.528. The molecular weight excluding hydrogens is 302 g/mol. The first-order chi connectivity index (χ1) is 10.8. The summed E-state index contributed by atoms with van der Waals surface area (Å²) in [5, 5.41) is 10.9. The molecule has 8 nitrogen and oxygen atoms in total. The maximum absolute atomic E-state index is 12.0. The zero-order valence-corrected chi connectivity index (χ0v) is 13.5. The van der Waals surface area contributed by atoms with E-state index in [0.717, 1.165) is 6.42 Å². The molecule has 1 aliphatic heterocycles. The molecule has 1 unspecified atom stereocenters. The molecule has 0 radical (unpaired) electrons. The molecule has 1 saturated heterocycles. The number of carbonyl (C=O) groups is 1. The van der Waals surface area contributed by atoms with Crippen molar-refractivity contribution in [2.24, 2.45) is 5.92 Å². The number of carbonyl (C=O) groups excluding carboxylic acids is 1. The van der Waals surface area contributed by atoms with E-state index in [4.69, 9.17) is 9.47 Å². The Morgan fingerprint density at radius 2 is 2.26 bits per heavy atom. The lowest BCUT2D eigenvalue weighted by Gasteiger charge is -2.24. The van der Waals surface area contributed by atoms with Gasteiger partial charge in [-0.3, -0.25) is 10.1 Å². The van der Waals surface area contributed by atoms with Crippen LogP contribution in [0, 0.1) is 16.0 Å². The Kier molecular flexibility index (Phi) is 5.02. The quantitative estimate of drug-likeness (QED) is 0.624. The van der Waals surface area contributed by atoms with Crippen LogP contribution in [0.2, 0.25) is 0 Å². The van der Waals surface area contributed by atoms with Crippen molar-refractivity contribution in [1.29, 1.82) is 0 Å². The Hall–Kier alpha value is -2.38. The van der Waals surface area contributed by atoms with Crippen LogP contribution in [0.4, 0.5) is 10.5 Å². The van der Waals surface area contributed by atoms with E-state index in [1.54, 1.807) is 4.90 Å². The van der Waals surface area contributed by atoms with Crippen LogP contribution in [0.25, 0.3) is 0 Å². The van der Waals surface area contributed by atoms with Gasteiger partial charge in [-0.05, 0) is 33.3 Å². The minimum Gasteiger partial charge on any atom is -0.472 e. The van der Waals surface area contributed by atoms with Gasteiger partial charge >= 0.3 is 11.8 Å². The molecule has 0 bridgehead atoms. The first-order valence-corrected chi connectivity index (χ1v) is 7.46. The number of likely N-dealkylation sites (tertiary alicyclic amines) is 1. The van der Waals surface area contributed by atoms with Crippen molar-refractivity contribution in [3.63, 3.8) is 0 Å². The van der Waals surface area contributed by atoms with E-state index in [9.17, 15) is 14.9 Å². The molecule has 0 N–H and O–H groups in total. The third-order valence-corrected chi connectivity index (χ3v) is 3.34. The Labute approximate surface area is 134 Å². The van der Waals surface area contributed by atoms with Gasteiger partial charge < -0.3 is 14.4 Å². The maximum Gasteiger partial charge on any atom is 0.410 e. The fourth-order valence-corrected chi connectivity index (χ4v) is 2.29. The van der Waals surface area contributed by atoms with E-state index < -0.39 is 10.5 Å². The molecule has 1 aromatic heterocycles. The highest BCUT2D eigenvalue weighted by atomic mass is 16.6. The van der Waals surface area contributed by atoms with E-state index in [1.807, 2.05) is 20.8 Å². The maximum atomic E-state index is 12.0. The molecule has 0 saturated carbocycles. The van der Waals surface area contributed by atoms with Crippen LogP contribution in [-0.4, -0.2) is 46.2 Å². The van der Waals surface area contributed by atoms with Crippen molar-refractivity contribution < 1.29 is 19.2 Å². The Morgan fingerprint density at radius 3 is 2.91 bits per heavy atom. The van der Waals surface area contributed by atoms with Gasteiger partial charge in [0.05, 0.1) is 11.5 Å². The molecule has 0 spiro atoms. The van der Waals surface area contributed by atoms with E-state index in [-0.39, 0.29) is 30.2 Å². The summed E-state index contributed by atoms with van der Waals surface area (Å²) in [5.74, 6) is 0.109. The van der Waals surface area contributed by atoms with Crippen molar-refractivity contribution in [1.82, 2.24) is 9.88 Å². The SMILES string of the molecule is CC(C)(C)OC(=O)N1CCC(COc2ncccc2[N+](=O)[O-])C1. The number of hydrogen-bond acceptors (Lipinski definition) is 6. The lowest BCUT2D eigenvalue weighted by molar-refractivity contribution is -0.386. The molecule has 2 rings (SSSR count). The summed E-state index contributed by atoms with van der Waals surface area (Å²) in [7, 11) is 0. The summed E-state index contributed by atoms with van der Waals surface area (Å²) in [6.45, 7) is 6.84. The molecule has 1 atom stereocenters. The van der Waals surface area contributed by atoms with Crippen LogP contribution in [-0.2, 0) is 4.74 Å². The van der Waals surface area contributed by atoms with E-state index in [1.165, 1.54) is 18.3 Å².